The lowest BCUT2D eigenvalue weighted by Crippen LogP contribution is -2.49. The summed E-state index contributed by atoms with van der Waals surface area (Å²) in [6.07, 6.45) is 0. The van der Waals surface area contributed by atoms with Crippen molar-refractivity contribution in [3.8, 4) is 5.75 Å². The van der Waals surface area contributed by atoms with Crippen LogP contribution in [0.4, 0.5) is 0 Å². The van der Waals surface area contributed by atoms with E-state index >= 15 is 0 Å². The largest absolute Gasteiger partial charge is 0.491 e. The summed E-state index contributed by atoms with van der Waals surface area (Å²) in [5, 5.41) is 2.79. The highest BCUT2D eigenvalue weighted by Crippen LogP contribution is 2.17. The minimum Gasteiger partial charge on any atom is -0.491 e. The average Bonchev–Trinajstić information content (AvgIpc) is 2.34. The summed E-state index contributed by atoms with van der Waals surface area (Å²) < 4.78 is 5.60. The van der Waals surface area contributed by atoms with E-state index in [1.165, 1.54) is 0 Å². The summed E-state index contributed by atoms with van der Waals surface area (Å²) in [6.45, 7) is 8.72. The first kappa shape index (κ1) is 15.5. The third kappa shape index (κ3) is 4.91. The van der Waals surface area contributed by atoms with Crippen LogP contribution >= 0.6 is 0 Å². The number of hydrogen-bond donors (Lipinski definition) is 2. The molecule has 1 aromatic rings. The number of nitrogens with two attached hydrogens (primary N) is 1. The molecule has 4 heteroatoms. The van der Waals surface area contributed by atoms with Gasteiger partial charge >= 0.3 is 0 Å². The van der Waals surface area contributed by atoms with Crippen molar-refractivity contribution in [2.45, 2.75) is 33.7 Å². The van der Waals surface area contributed by atoms with E-state index in [1.54, 1.807) is 0 Å². The summed E-state index contributed by atoms with van der Waals surface area (Å²) in [5.41, 5.74) is 6.71. The van der Waals surface area contributed by atoms with E-state index < -0.39 is 6.04 Å². The maximum absolute atomic E-state index is 11.8. The maximum Gasteiger partial charge on any atom is 0.237 e. The molecule has 0 aliphatic carbocycles. The molecule has 1 aromatic carbocycles. The molecule has 3 N–H and O–H groups in total. The molecule has 0 saturated heterocycles. The Labute approximate surface area is 115 Å². The smallest absolute Gasteiger partial charge is 0.237 e. The molecule has 0 saturated carbocycles. The van der Waals surface area contributed by atoms with Crippen LogP contribution in [0.25, 0.3) is 0 Å². The summed E-state index contributed by atoms with van der Waals surface area (Å²) in [7, 11) is 0. The molecule has 0 unspecified atom stereocenters. The van der Waals surface area contributed by atoms with Gasteiger partial charge in [-0.15, -0.1) is 0 Å². The molecule has 0 spiro atoms. The molecular formula is C15H24N2O2. The lowest BCUT2D eigenvalue weighted by Gasteiger charge is -2.25. The van der Waals surface area contributed by atoms with Crippen molar-refractivity contribution in [1.29, 1.82) is 0 Å². The van der Waals surface area contributed by atoms with Gasteiger partial charge in [-0.2, -0.15) is 0 Å². The molecule has 0 bridgehead atoms. The normalized spacial score (nSPS) is 12.9. The second-order valence-corrected chi connectivity index (χ2v) is 5.75. The van der Waals surface area contributed by atoms with Gasteiger partial charge in [0.15, 0.2) is 0 Å². The fourth-order valence-corrected chi connectivity index (χ4v) is 1.56. The number of amides is 1. The number of aryl methyl sites for hydroxylation is 1. The number of para-hydroxylation sites is 1. The number of benzene rings is 1. The zero-order valence-corrected chi connectivity index (χ0v) is 12.2. The van der Waals surface area contributed by atoms with E-state index in [0.717, 1.165) is 11.3 Å². The van der Waals surface area contributed by atoms with Crippen LogP contribution in [0.15, 0.2) is 24.3 Å². The van der Waals surface area contributed by atoms with Crippen molar-refractivity contribution in [3.63, 3.8) is 0 Å². The number of carbonyl (C=O) groups excluding carboxylic acids is 1. The number of hydrogen-bond acceptors (Lipinski definition) is 3. The molecule has 0 aromatic heterocycles. The van der Waals surface area contributed by atoms with E-state index in [9.17, 15) is 4.79 Å². The van der Waals surface area contributed by atoms with Crippen molar-refractivity contribution >= 4 is 5.91 Å². The second kappa shape index (κ2) is 6.57. The molecule has 0 aliphatic rings. The highest BCUT2D eigenvalue weighted by molar-refractivity contribution is 5.82. The molecule has 0 radical (unpaired) electrons. The zero-order chi connectivity index (χ0) is 14.5. The lowest BCUT2D eigenvalue weighted by atomic mass is 9.87. The Morgan fingerprint density at radius 1 is 1.37 bits per heavy atom. The summed E-state index contributed by atoms with van der Waals surface area (Å²) in [4.78, 5) is 11.8. The molecule has 1 atom stereocenters. The van der Waals surface area contributed by atoms with Crippen LogP contribution in [0.1, 0.15) is 26.3 Å². The van der Waals surface area contributed by atoms with Gasteiger partial charge in [0.05, 0.1) is 12.6 Å². The minimum atomic E-state index is -0.508. The Hall–Kier alpha value is -1.55. The molecule has 0 fully saturated rings. The molecular weight excluding hydrogens is 240 g/mol. The molecule has 0 aliphatic heterocycles. The molecule has 1 amide bonds. The van der Waals surface area contributed by atoms with Gasteiger partial charge in [0.2, 0.25) is 5.91 Å². The molecule has 4 nitrogen and oxygen atoms in total. The maximum atomic E-state index is 11.8. The Morgan fingerprint density at radius 2 is 2.00 bits per heavy atom. The molecule has 106 valence electrons. The van der Waals surface area contributed by atoms with Crippen LogP contribution in [0.2, 0.25) is 0 Å². The average molecular weight is 264 g/mol. The van der Waals surface area contributed by atoms with E-state index in [2.05, 4.69) is 5.32 Å². The predicted octanol–water partition coefficient (Wildman–Crippen LogP) is 1.86. The zero-order valence-electron chi connectivity index (χ0n) is 12.2. The van der Waals surface area contributed by atoms with Crippen molar-refractivity contribution < 1.29 is 9.53 Å². The molecule has 0 heterocycles. The van der Waals surface area contributed by atoms with Crippen molar-refractivity contribution in [3.05, 3.63) is 29.8 Å². The number of rotatable bonds is 5. The standard InChI is InChI=1S/C15H24N2O2/c1-11-7-5-6-8-12(11)19-10-9-17-14(18)13(16)15(2,3)4/h5-8,13H,9-10,16H2,1-4H3,(H,17,18)/t13-/m1/s1. The summed E-state index contributed by atoms with van der Waals surface area (Å²) in [6, 6.07) is 7.29. The second-order valence-electron chi connectivity index (χ2n) is 5.75. The van der Waals surface area contributed by atoms with Gasteiger partial charge in [-0.1, -0.05) is 39.0 Å². The molecule has 19 heavy (non-hydrogen) atoms. The topological polar surface area (TPSA) is 64.3 Å². The van der Waals surface area contributed by atoms with E-state index in [4.69, 9.17) is 10.5 Å². The van der Waals surface area contributed by atoms with Crippen LogP contribution in [-0.2, 0) is 4.79 Å². The van der Waals surface area contributed by atoms with Gasteiger partial charge in [-0.3, -0.25) is 4.79 Å². The first-order valence-electron chi connectivity index (χ1n) is 6.54. The fraction of sp³-hybridized carbons (Fsp3) is 0.533. The minimum absolute atomic E-state index is 0.138. The lowest BCUT2D eigenvalue weighted by molar-refractivity contribution is -0.124. The van der Waals surface area contributed by atoms with Gasteiger partial charge in [0.25, 0.3) is 0 Å². The van der Waals surface area contributed by atoms with Crippen LogP contribution in [0.3, 0.4) is 0 Å². The first-order chi connectivity index (χ1) is 8.82. The van der Waals surface area contributed by atoms with Crippen LogP contribution in [0, 0.1) is 12.3 Å². The third-order valence-corrected chi connectivity index (χ3v) is 2.97. The number of ether oxygens (including phenoxy) is 1. The molecule has 1 rings (SSSR count). The van der Waals surface area contributed by atoms with Crippen LogP contribution in [-0.4, -0.2) is 25.1 Å². The Morgan fingerprint density at radius 3 is 2.58 bits per heavy atom. The van der Waals surface area contributed by atoms with Crippen molar-refractivity contribution in [1.82, 2.24) is 5.32 Å². The predicted molar refractivity (Wildman–Crippen MR) is 77.1 cm³/mol. The summed E-state index contributed by atoms with van der Waals surface area (Å²) >= 11 is 0. The Kier molecular flexibility index (Phi) is 5.36. The highest BCUT2D eigenvalue weighted by atomic mass is 16.5. The van der Waals surface area contributed by atoms with E-state index in [-0.39, 0.29) is 11.3 Å². The van der Waals surface area contributed by atoms with Crippen molar-refractivity contribution in [2.24, 2.45) is 11.1 Å². The van der Waals surface area contributed by atoms with E-state index in [0.29, 0.717) is 13.2 Å². The summed E-state index contributed by atoms with van der Waals surface area (Å²) in [5.74, 6) is 0.706. The first-order valence-corrected chi connectivity index (χ1v) is 6.54. The van der Waals surface area contributed by atoms with Gasteiger partial charge in [-0.25, -0.2) is 0 Å². The van der Waals surface area contributed by atoms with Gasteiger partial charge in [0, 0.05) is 0 Å². The van der Waals surface area contributed by atoms with Crippen molar-refractivity contribution in [2.75, 3.05) is 13.2 Å². The number of nitrogens with one attached hydrogen (secondary N) is 1. The van der Waals surface area contributed by atoms with Crippen LogP contribution in [0.5, 0.6) is 5.75 Å². The van der Waals surface area contributed by atoms with E-state index in [1.807, 2.05) is 52.0 Å². The highest BCUT2D eigenvalue weighted by Gasteiger charge is 2.26. The quantitative estimate of drug-likeness (QED) is 0.798. The fourth-order valence-electron chi connectivity index (χ4n) is 1.56. The number of carbonyl (C=O) groups is 1. The van der Waals surface area contributed by atoms with Gasteiger partial charge in [-0.05, 0) is 24.0 Å². The monoisotopic (exact) mass is 264 g/mol. The Bertz CT molecular complexity index is 424. The van der Waals surface area contributed by atoms with Gasteiger partial charge in [0.1, 0.15) is 12.4 Å². The third-order valence-electron chi connectivity index (χ3n) is 2.97. The SMILES string of the molecule is Cc1ccccc1OCCNC(=O)[C@@H](N)C(C)(C)C. The van der Waals surface area contributed by atoms with Crippen LogP contribution < -0.4 is 15.8 Å². The van der Waals surface area contributed by atoms with Gasteiger partial charge < -0.3 is 15.8 Å². The Balaban J connectivity index is 2.32.